The molecule has 148 valence electrons. The quantitative estimate of drug-likeness (QED) is 0.410. The zero-order valence-electron chi connectivity index (χ0n) is 15.8. The first-order chi connectivity index (χ1) is 13.7. The lowest BCUT2D eigenvalue weighted by atomic mass is 10.1. The summed E-state index contributed by atoms with van der Waals surface area (Å²) in [5.74, 6) is 2.04. The van der Waals surface area contributed by atoms with Gasteiger partial charge in [0.2, 0.25) is 5.16 Å². The van der Waals surface area contributed by atoms with Gasteiger partial charge in [0, 0.05) is 7.05 Å². The highest BCUT2D eigenvalue weighted by Crippen LogP contribution is 2.31. The number of para-hydroxylation sites is 1. The minimum absolute atomic E-state index is 0.258. The van der Waals surface area contributed by atoms with E-state index in [0.717, 1.165) is 40.9 Å². The number of aryl methyl sites for hydroxylation is 1. The molecule has 2 N–H and O–H groups in total. The topological polar surface area (TPSA) is 78.7 Å². The monoisotopic (exact) mass is 404 g/mol. The number of nitrogens with two attached hydrogens (primary N) is 1. The summed E-state index contributed by atoms with van der Waals surface area (Å²) in [4.78, 5) is 0. The average Bonchev–Trinajstić information content (AvgIpc) is 3.12. The van der Waals surface area contributed by atoms with Crippen LogP contribution in [0.25, 0.3) is 0 Å². The molecule has 3 aromatic rings. The van der Waals surface area contributed by atoms with Crippen molar-refractivity contribution in [3.63, 3.8) is 0 Å². The van der Waals surface area contributed by atoms with Crippen molar-refractivity contribution in [3.8, 4) is 11.5 Å². The second-order valence-corrected chi connectivity index (χ2v) is 7.14. The van der Waals surface area contributed by atoms with Crippen molar-refractivity contribution in [1.29, 1.82) is 0 Å². The molecule has 0 aliphatic carbocycles. The number of thioether (sulfide) groups is 1. The van der Waals surface area contributed by atoms with Crippen LogP contribution in [0.1, 0.15) is 11.1 Å². The number of tetrazole rings is 1. The summed E-state index contributed by atoms with van der Waals surface area (Å²) in [7, 11) is 3.45. The van der Waals surface area contributed by atoms with E-state index in [0.29, 0.717) is 12.4 Å². The third-order valence-electron chi connectivity index (χ3n) is 4.08. The smallest absolute Gasteiger partial charge is 0.209 e. The zero-order chi connectivity index (χ0) is 19.8. The maximum Gasteiger partial charge on any atom is 0.209 e. The Morgan fingerprint density at radius 3 is 2.71 bits per heavy atom. The lowest BCUT2D eigenvalue weighted by Crippen LogP contribution is -2.83. The summed E-state index contributed by atoms with van der Waals surface area (Å²) < 4.78 is 26.2. The van der Waals surface area contributed by atoms with Gasteiger partial charge in [0.25, 0.3) is 0 Å². The van der Waals surface area contributed by atoms with E-state index in [1.54, 1.807) is 35.7 Å². The summed E-state index contributed by atoms with van der Waals surface area (Å²) >= 11 is 1.62. The van der Waals surface area contributed by atoms with Crippen LogP contribution in [0.2, 0.25) is 0 Å². The molecule has 1 heterocycles. The Morgan fingerprint density at radius 1 is 1.18 bits per heavy atom. The molecule has 0 aliphatic rings. The fourth-order valence-corrected chi connectivity index (χ4v) is 3.40. The maximum atomic E-state index is 13.1. The number of methoxy groups -OCH3 is 1. The lowest BCUT2D eigenvalue weighted by molar-refractivity contribution is -0.666. The van der Waals surface area contributed by atoms with Crippen LogP contribution in [0.5, 0.6) is 11.5 Å². The molecule has 0 unspecified atom stereocenters. The first-order valence-corrected chi connectivity index (χ1v) is 9.86. The van der Waals surface area contributed by atoms with Gasteiger partial charge in [-0.05, 0) is 40.3 Å². The highest BCUT2D eigenvalue weighted by atomic mass is 32.2. The Balaban J connectivity index is 1.55. The number of halogens is 1. The number of hydrogen-bond acceptors (Lipinski definition) is 6. The van der Waals surface area contributed by atoms with Crippen LogP contribution in [-0.4, -0.2) is 39.6 Å². The van der Waals surface area contributed by atoms with Gasteiger partial charge in [-0.2, -0.15) is 0 Å². The van der Waals surface area contributed by atoms with Gasteiger partial charge in [0.05, 0.1) is 25.0 Å². The molecule has 9 heteroatoms. The molecule has 0 fully saturated rings. The molecule has 3 rings (SSSR count). The zero-order valence-corrected chi connectivity index (χ0v) is 16.7. The molecular formula is C19H23FN5O2S+. The standard InChI is InChI=1S/C19H22FN5O2S/c1-25-19(22-23-24-25)28-11-10-21-12-15-4-3-5-17(26-2)18(15)27-13-14-6-8-16(20)9-7-14/h3-9,21H,10-13H2,1-2H3/p+1. The Hall–Kier alpha value is -2.65. The van der Waals surface area contributed by atoms with E-state index in [9.17, 15) is 4.39 Å². The summed E-state index contributed by atoms with van der Waals surface area (Å²) in [5, 5.41) is 14.4. The molecule has 28 heavy (non-hydrogen) atoms. The van der Waals surface area contributed by atoms with E-state index >= 15 is 0 Å². The van der Waals surface area contributed by atoms with Gasteiger partial charge in [-0.15, -0.1) is 5.10 Å². The van der Waals surface area contributed by atoms with E-state index in [-0.39, 0.29) is 5.82 Å². The van der Waals surface area contributed by atoms with Crippen molar-refractivity contribution < 1.29 is 19.2 Å². The molecule has 2 aromatic carbocycles. The molecule has 7 nitrogen and oxygen atoms in total. The number of ether oxygens (including phenoxy) is 2. The van der Waals surface area contributed by atoms with Gasteiger partial charge in [-0.3, -0.25) is 0 Å². The number of quaternary nitrogens is 1. The van der Waals surface area contributed by atoms with Crippen molar-refractivity contribution in [3.05, 3.63) is 59.4 Å². The third-order valence-corrected chi connectivity index (χ3v) is 5.12. The number of rotatable bonds is 10. The Bertz CT molecular complexity index is 888. The second-order valence-electron chi connectivity index (χ2n) is 6.08. The van der Waals surface area contributed by atoms with Crippen LogP contribution in [0.15, 0.2) is 47.6 Å². The number of aromatic nitrogens is 4. The van der Waals surface area contributed by atoms with E-state index < -0.39 is 0 Å². The average molecular weight is 404 g/mol. The maximum absolute atomic E-state index is 13.1. The molecule has 0 atom stereocenters. The van der Waals surface area contributed by atoms with Crippen molar-refractivity contribution in [1.82, 2.24) is 20.2 Å². The fraction of sp³-hybridized carbons (Fsp3) is 0.316. The second kappa shape index (κ2) is 10.0. The van der Waals surface area contributed by atoms with E-state index in [1.807, 2.05) is 25.2 Å². The molecule has 0 bridgehead atoms. The van der Waals surface area contributed by atoms with Gasteiger partial charge in [0.1, 0.15) is 19.0 Å². The van der Waals surface area contributed by atoms with E-state index in [4.69, 9.17) is 9.47 Å². The fourth-order valence-electron chi connectivity index (χ4n) is 2.62. The van der Waals surface area contributed by atoms with Crippen LogP contribution in [0.4, 0.5) is 4.39 Å². The van der Waals surface area contributed by atoms with E-state index in [2.05, 4.69) is 20.8 Å². The molecule has 0 amide bonds. The van der Waals surface area contributed by atoms with Crippen LogP contribution >= 0.6 is 11.8 Å². The minimum Gasteiger partial charge on any atom is -0.493 e. The van der Waals surface area contributed by atoms with Crippen LogP contribution in [0.3, 0.4) is 0 Å². The van der Waals surface area contributed by atoms with Crippen LogP contribution in [0, 0.1) is 5.82 Å². The van der Waals surface area contributed by atoms with E-state index in [1.165, 1.54) is 12.1 Å². The first-order valence-electron chi connectivity index (χ1n) is 8.87. The van der Waals surface area contributed by atoms with Crippen molar-refractivity contribution >= 4 is 11.8 Å². The first kappa shape index (κ1) is 20.1. The van der Waals surface area contributed by atoms with Crippen LogP contribution < -0.4 is 14.8 Å². The number of benzene rings is 2. The number of nitrogens with zero attached hydrogens (tertiary/aromatic N) is 4. The van der Waals surface area contributed by atoms with Gasteiger partial charge in [-0.1, -0.05) is 30.0 Å². The molecule has 0 aliphatic heterocycles. The van der Waals surface area contributed by atoms with Crippen molar-refractivity contribution in [2.75, 3.05) is 19.4 Å². The Morgan fingerprint density at radius 2 is 2.00 bits per heavy atom. The predicted molar refractivity (Wildman–Crippen MR) is 104 cm³/mol. The predicted octanol–water partition coefficient (Wildman–Crippen LogP) is 1.79. The van der Waals surface area contributed by atoms with Crippen molar-refractivity contribution in [2.24, 2.45) is 7.05 Å². The van der Waals surface area contributed by atoms with Gasteiger partial charge in [0.15, 0.2) is 11.5 Å². The highest BCUT2D eigenvalue weighted by molar-refractivity contribution is 7.99. The van der Waals surface area contributed by atoms with Crippen LogP contribution in [-0.2, 0) is 20.2 Å². The molecule has 0 radical (unpaired) electrons. The summed E-state index contributed by atoms with van der Waals surface area (Å²) in [5.41, 5.74) is 1.95. The highest BCUT2D eigenvalue weighted by Gasteiger charge is 2.12. The SMILES string of the molecule is COc1cccc(C[NH2+]CCSc2nnnn2C)c1OCc1ccc(F)cc1. The summed E-state index contributed by atoms with van der Waals surface area (Å²) in [6, 6.07) is 12.1. The molecular weight excluding hydrogens is 381 g/mol. The van der Waals surface area contributed by atoms with Crippen molar-refractivity contribution in [2.45, 2.75) is 18.3 Å². The Kier molecular flexibility index (Phi) is 7.21. The normalized spacial score (nSPS) is 10.8. The molecule has 0 saturated heterocycles. The summed E-state index contributed by atoms with van der Waals surface area (Å²) in [6.07, 6.45) is 0. The lowest BCUT2D eigenvalue weighted by Gasteiger charge is -2.14. The Labute approximate surface area is 167 Å². The minimum atomic E-state index is -0.258. The summed E-state index contributed by atoms with van der Waals surface area (Å²) in [6.45, 7) is 2.02. The van der Waals surface area contributed by atoms with Gasteiger partial charge < -0.3 is 14.8 Å². The number of hydrogen-bond donors (Lipinski definition) is 1. The van der Waals surface area contributed by atoms with Gasteiger partial charge in [-0.25, -0.2) is 9.07 Å². The largest absolute Gasteiger partial charge is 0.493 e. The molecule has 1 aromatic heterocycles. The van der Waals surface area contributed by atoms with Gasteiger partial charge >= 0.3 is 0 Å². The third kappa shape index (κ3) is 5.43. The molecule has 0 saturated carbocycles. The molecule has 0 spiro atoms.